The average molecular weight is 296 g/mol. The summed E-state index contributed by atoms with van der Waals surface area (Å²) in [6, 6.07) is 3.37. The third-order valence-electron chi connectivity index (χ3n) is 2.59. The van der Waals surface area contributed by atoms with Crippen LogP contribution in [0.25, 0.3) is 0 Å². The second-order valence-electron chi connectivity index (χ2n) is 3.94. The van der Waals surface area contributed by atoms with Crippen molar-refractivity contribution in [3.8, 4) is 17.2 Å². The van der Waals surface area contributed by atoms with E-state index < -0.39 is 5.97 Å². The van der Waals surface area contributed by atoms with Crippen molar-refractivity contribution < 1.29 is 23.7 Å². The van der Waals surface area contributed by atoms with E-state index in [0.29, 0.717) is 29.5 Å². The first-order chi connectivity index (χ1) is 10.1. The zero-order chi connectivity index (χ0) is 15.8. The van der Waals surface area contributed by atoms with Gasteiger partial charge in [0.2, 0.25) is 5.75 Å². The topological polar surface area (TPSA) is 78.4 Å². The summed E-state index contributed by atoms with van der Waals surface area (Å²) in [7, 11) is 4.57. The maximum Gasteiger partial charge on any atom is 0.354 e. The van der Waals surface area contributed by atoms with Crippen molar-refractivity contribution in [2.75, 3.05) is 33.4 Å². The highest BCUT2D eigenvalue weighted by Crippen LogP contribution is 2.39. The van der Waals surface area contributed by atoms with Gasteiger partial charge in [-0.1, -0.05) is 0 Å². The molecule has 21 heavy (non-hydrogen) atoms. The molecule has 0 aliphatic carbocycles. The average Bonchev–Trinajstić information content (AvgIpc) is 2.51. The van der Waals surface area contributed by atoms with Crippen LogP contribution in [-0.4, -0.2) is 39.6 Å². The number of carbonyl (C=O) groups is 1. The predicted octanol–water partition coefficient (Wildman–Crippen LogP) is 2.06. The van der Waals surface area contributed by atoms with Crippen LogP contribution in [0, 0.1) is 0 Å². The second-order valence-corrected chi connectivity index (χ2v) is 3.94. The Kier molecular flexibility index (Phi) is 6.32. The van der Waals surface area contributed by atoms with Gasteiger partial charge in [-0.25, -0.2) is 4.79 Å². The SMILES string of the molecule is CCOC(=O)C(C)=NNc1cc(OC)c(OC)c(OC)c1. The number of hydrazone groups is 1. The normalized spacial score (nSPS) is 10.8. The molecule has 0 bridgehead atoms. The van der Waals surface area contributed by atoms with Crippen molar-refractivity contribution in [2.45, 2.75) is 13.8 Å². The number of carbonyl (C=O) groups excluding carboxylic acids is 1. The summed E-state index contributed by atoms with van der Waals surface area (Å²) in [5, 5.41) is 3.96. The molecule has 1 N–H and O–H groups in total. The Morgan fingerprint density at radius 1 is 1.14 bits per heavy atom. The fourth-order valence-electron chi connectivity index (χ4n) is 1.58. The van der Waals surface area contributed by atoms with Gasteiger partial charge in [0.15, 0.2) is 11.5 Å². The largest absolute Gasteiger partial charge is 0.493 e. The van der Waals surface area contributed by atoms with Crippen molar-refractivity contribution >= 4 is 17.4 Å². The van der Waals surface area contributed by atoms with Crippen LogP contribution in [-0.2, 0) is 9.53 Å². The Bertz CT molecular complexity index is 503. The molecule has 7 nitrogen and oxygen atoms in total. The molecule has 0 fully saturated rings. The molecule has 0 aliphatic heterocycles. The smallest absolute Gasteiger partial charge is 0.354 e. The second kappa shape index (κ2) is 7.98. The van der Waals surface area contributed by atoms with E-state index in [1.165, 1.54) is 21.3 Å². The number of rotatable bonds is 7. The predicted molar refractivity (Wildman–Crippen MR) is 79.5 cm³/mol. The summed E-state index contributed by atoms with van der Waals surface area (Å²) >= 11 is 0. The van der Waals surface area contributed by atoms with Gasteiger partial charge in [0.05, 0.1) is 33.6 Å². The number of esters is 1. The highest BCUT2D eigenvalue weighted by atomic mass is 16.5. The molecule has 0 atom stereocenters. The number of nitrogens with zero attached hydrogens (tertiary/aromatic N) is 1. The summed E-state index contributed by atoms with van der Waals surface area (Å²) in [4.78, 5) is 11.4. The summed E-state index contributed by atoms with van der Waals surface area (Å²) in [5.41, 5.74) is 3.56. The van der Waals surface area contributed by atoms with Crippen LogP contribution in [0.4, 0.5) is 5.69 Å². The molecule has 0 radical (unpaired) electrons. The van der Waals surface area contributed by atoms with E-state index in [9.17, 15) is 4.79 Å². The molecule has 0 aliphatic rings. The molecule has 116 valence electrons. The Balaban J connectivity index is 2.99. The third-order valence-corrected chi connectivity index (χ3v) is 2.59. The summed E-state index contributed by atoms with van der Waals surface area (Å²) in [5.74, 6) is 0.987. The zero-order valence-electron chi connectivity index (χ0n) is 12.9. The standard InChI is InChI=1S/C14H20N2O5/c1-6-21-14(17)9(2)15-16-10-7-11(18-3)13(20-5)12(8-10)19-4/h7-8,16H,6H2,1-5H3. The maximum absolute atomic E-state index is 11.4. The van der Waals surface area contributed by atoms with E-state index in [-0.39, 0.29) is 5.71 Å². The Labute approximate surface area is 123 Å². The molecule has 0 amide bonds. The Morgan fingerprint density at radius 2 is 1.71 bits per heavy atom. The number of hydrogen-bond donors (Lipinski definition) is 1. The van der Waals surface area contributed by atoms with E-state index in [2.05, 4.69) is 10.5 Å². The maximum atomic E-state index is 11.4. The summed E-state index contributed by atoms with van der Waals surface area (Å²) in [6.07, 6.45) is 0. The van der Waals surface area contributed by atoms with Crippen LogP contribution in [0.1, 0.15) is 13.8 Å². The van der Waals surface area contributed by atoms with E-state index in [4.69, 9.17) is 18.9 Å². The van der Waals surface area contributed by atoms with Gasteiger partial charge in [-0.15, -0.1) is 0 Å². The lowest BCUT2D eigenvalue weighted by Gasteiger charge is -2.13. The van der Waals surface area contributed by atoms with Crippen molar-refractivity contribution in [1.29, 1.82) is 0 Å². The lowest BCUT2D eigenvalue weighted by Crippen LogP contribution is -2.15. The van der Waals surface area contributed by atoms with Gasteiger partial charge in [-0.3, -0.25) is 5.43 Å². The minimum atomic E-state index is -0.475. The van der Waals surface area contributed by atoms with Gasteiger partial charge in [0.1, 0.15) is 5.71 Å². The van der Waals surface area contributed by atoms with Crippen molar-refractivity contribution in [3.63, 3.8) is 0 Å². The van der Waals surface area contributed by atoms with E-state index in [1.54, 1.807) is 26.0 Å². The molecule has 0 saturated carbocycles. The fourth-order valence-corrected chi connectivity index (χ4v) is 1.58. The number of ether oxygens (including phenoxy) is 4. The van der Waals surface area contributed by atoms with Gasteiger partial charge in [-0.2, -0.15) is 5.10 Å². The van der Waals surface area contributed by atoms with Crippen molar-refractivity contribution in [2.24, 2.45) is 5.10 Å². The van der Waals surface area contributed by atoms with Gasteiger partial charge < -0.3 is 18.9 Å². The molecular weight excluding hydrogens is 276 g/mol. The molecule has 0 saturated heterocycles. The van der Waals surface area contributed by atoms with Gasteiger partial charge >= 0.3 is 5.97 Å². The first-order valence-corrected chi connectivity index (χ1v) is 6.34. The van der Waals surface area contributed by atoms with Crippen LogP contribution < -0.4 is 19.6 Å². The van der Waals surface area contributed by atoms with Crippen molar-refractivity contribution in [1.82, 2.24) is 0 Å². The van der Waals surface area contributed by atoms with E-state index in [0.717, 1.165) is 0 Å². The van der Waals surface area contributed by atoms with E-state index >= 15 is 0 Å². The molecule has 7 heteroatoms. The van der Waals surface area contributed by atoms with Crippen LogP contribution >= 0.6 is 0 Å². The molecule has 1 aromatic rings. The van der Waals surface area contributed by atoms with Crippen LogP contribution in [0.2, 0.25) is 0 Å². The molecule has 1 aromatic carbocycles. The number of benzene rings is 1. The minimum absolute atomic E-state index is 0.214. The quantitative estimate of drug-likeness (QED) is 0.471. The van der Waals surface area contributed by atoms with Gasteiger partial charge in [-0.05, 0) is 13.8 Å². The first-order valence-electron chi connectivity index (χ1n) is 6.34. The Hall–Kier alpha value is -2.44. The third kappa shape index (κ3) is 4.27. The summed E-state index contributed by atoms with van der Waals surface area (Å²) < 4.78 is 20.5. The number of hydrogen-bond acceptors (Lipinski definition) is 7. The van der Waals surface area contributed by atoms with Gasteiger partial charge in [0, 0.05) is 12.1 Å². The number of nitrogens with one attached hydrogen (secondary N) is 1. The highest BCUT2D eigenvalue weighted by molar-refractivity contribution is 6.35. The molecule has 0 spiro atoms. The molecule has 0 unspecified atom stereocenters. The number of methoxy groups -OCH3 is 3. The van der Waals surface area contributed by atoms with Gasteiger partial charge in [0.25, 0.3) is 0 Å². The van der Waals surface area contributed by atoms with Crippen molar-refractivity contribution in [3.05, 3.63) is 12.1 Å². The monoisotopic (exact) mass is 296 g/mol. The Morgan fingerprint density at radius 3 is 2.14 bits per heavy atom. The summed E-state index contributed by atoms with van der Waals surface area (Å²) in [6.45, 7) is 3.59. The molecule has 0 heterocycles. The van der Waals surface area contributed by atoms with Crippen LogP contribution in [0.3, 0.4) is 0 Å². The molecular formula is C14H20N2O5. The van der Waals surface area contributed by atoms with Crippen LogP contribution in [0.5, 0.6) is 17.2 Å². The molecule has 1 rings (SSSR count). The van der Waals surface area contributed by atoms with Crippen LogP contribution in [0.15, 0.2) is 17.2 Å². The first kappa shape index (κ1) is 16.6. The zero-order valence-corrected chi connectivity index (χ0v) is 12.9. The lowest BCUT2D eigenvalue weighted by molar-refractivity contribution is -0.135. The highest BCUT2D eigenvalue weighted by Gasteiger charge is 2.13. The fraction of sp³-hybridized carbons (Fsp3) is 0.429. The lowest BCUT2D eigenvalue weighted by atomic mass is 10.2. The van der Waals surface area contributed by atoms with E-state index in [1.807, 2.05) is 0 Å². The number of anilines is 1. The molecule has 0 aromatic heterocycles. The minimum Gasteiger partial charge on any atom is -0.493 e.